The Hall–Kier alpha value is -2.84. The Bertz CT molecular complexity index is 956. The minimum atomic E-state index is -0.216. The van der Waals surface area contributed by atoms with Crippen LogP contribution >= 0.6 is 11.8 Å². The first-order chi connectivity index (χ1) is 11.8. The third kappa shape index (κ3) is 2.32. The van der Waals surface area contributed by atoms with Gasteiger partial charge in [0.15, 0.2) is 5.78 Å². The number of hydrogen-bond donors (Lipinski definition) is 1. The van der Waals surface area contributed by atoms with Crippen molar-refractivity contribution in [3.8, 4) is 17.3 Å². The molecule has 4 rings (SSSR count). The van der Waals surface area contributed by atoms with Gasteiger partial charge in [0.25, 0.3) is 0 Å². The van der Waals surface area contributed by atoms with Crippen LogP contribution in [0.1, 0.15) is 33.3 Å². The maximum atomic E-state index is 12.4. The molecule has 3 aromatic rings. The second-order valence-electron chi connectivity index (χ2n) is 5.52. The molecule has 24 heavy (non-hydrogen) atoms. The van der Waals surface area contributed by atoms with Gasteiger partial charge in [-0.25, -0.2) is 0 Å². The number of aromatic amines is 1. The van der Waals surface area contributed by atoms with Crippen LogP contribution in [0.4, 0.5) is 0 Å². The van der Waals surface area contributed by atoms with E-state index in [1.807, 2.05) is 42.5 Å². The first-order valence-electron chi connectivity index (χ1n) is 7.59. The Balaban J connectivity index is 1.93. The van der Waals surface area contributed by atoms with Crippen molar-refractivity contribution < 1.29 is 4.79 Å². The van der Waals surface area contributed by atoms with Crippen molar-refractivity contribution in [1.29, 1.82) is 5.26 Å². The molecule has 5 heteroatoms. The number of nitrogens with one attached hydrogen (secondary N) is 1. The minimum Gasteiger partial charge on any atom is -0.291 e. The number of thioether (sulfide) groups is 1. The van der Waals surface area contributed by atoms with Crippen LogP contribution in [0.3, 0.4) is 0 Å². The van der Waals surface area contributed by atoms with Gasteiger partial charge in [-0.1, -0.05) is 48.5 Å². The molecule has 1 aliphatic heterocycles. The second-order valence-corrected chi connectivity index (χ2v) is 6.67. The Morgan fingerprint density at radius 2 is 1.92 bits per heavy atom. The van der Waals surface area contributed by atoms with Crippen LogP contribution in [0, 0.1) is 11.3 Å². The van der Waals surface area contributed by atoms with Crippen LogP contribution in [0.5, 0.6) is 0 Å². The summed E-state index contributed by atoms with van der Waals surface area (Å²) in [6.45, 7) is 0. The summed E-state index contributed by atoms with van der Waals surface area (Å²) in [4.78, 5) is 13.5. The molecule has 0 saturated carbocycles. The largest absolute Gasteiger partial charge is 0.291 e. The van der Waals surface area contributed by atoms with Crippen molar-refractivity contribution in [2.45, 2.75) is 16.6 Å². The summed E-state index contributed by atoms with van der Waals surface area (Å²) >= 11 is 1.71. The number of Topliss-reactive ketones (excluding diaryl/α,β-unsaturated/α-hetero) is 1. The predicted molar refractivity (Wildman–Crippen MR) is 92.7 cm³/mol. The molecule has 1 aromatic heterocycles. The highest BCUT2D eigenvalue weighted by atomic mass is 32.2. The van der Waals surface area contributed by atoms with E-state index in [1.54, 1.807) is 11.8 Å². The van der Waals surface area contributed by atoms with E-state index in [9.17, 15) is 4.79 Å². The van der Waals surface area contributed by atoms with E-state index in [1.165, 1.54) is 0 Å². The molecule has 1 unspecified atom stereocenters. The lowest BCUT2D eigenvalue weighted by Gasteiger charge is -2.24. The molecular weight excluding hydrogens is 318 g/mol. The number of aromatic nitrogens is 2. The molecule has 4 nitrogen and oxygen atoms in total. The summed E-state index contributed by atoms with van der Waals surface area (Å²) < 4.78 is 0. The van der Waals surface area contributed by atoms with Gasteiger partial charge >= 0.3 is 0 Å². The zero-order valence-corrected chi connectivity index (χ0v) is 13.5. The summed E-state index contributed by atoms with van der Waals surface area (Å²) in [5, 5.41) is 16.1. The fraction of sp³-hybridized carbons (Fsp3) is 0.105. The average molecular weight is 331 g/mol. The Labute approximate surface area is 143 Å². The number of hydrogen-bond acceptors (Lipinski definition) is 4. The average Bonchev–Trinajstić information content (AvgIpc) is 3.07. The molecule has 0 radical (unpaired) electrons. The highest BCUT2D eigenvalue weighted by molar-refractivity contribution is 8.00. The van der Waals surface area contributed by atoms with Crippen LogP contribution < -0.4 is 0 Å². The van der Waals surface area contributed by atoms with Crippen molar-refractivity contribution >= 4 is 17.5 Å². The molecule has 1 atom stereocenters. The molecule has 0 amide bonds. The molecule has 2 heterocycles. The van der Waals surface area contributed by atoms with E-state index < -0.39 is 0 Å². The number of nitrogens with zero attached hydrogens (tertiary/aromatic N) is 2. The van der Waals surface area contributed by atoms with Gasteiger partial charge in [-0.2, -0.15) is 10.4 Å². The number of H-pyrrole nitrogens is 1. The molecule has 1 N–H and O–H groups in total. The molecule has 0 saturated heterocycles. The zero-order chi connectivity index (χ0) is 16.5. The van der Waals surface area contributed by atoms with Crippen molar-refractivity contribution in [2.75, 3.05) is 0 Å². The van der Waals surface area contributed by atoms with Crippen LogP contribution in [0.25, 0.3) is 11.3 Å². The first kappa shape index (κ1) is 14.7. The van der Waals surface area contributed by atoms with Gasteiger partial charge in [-0.3, -0.25) is 9.89 Å². The van der Waals surface area contributed by atoms with Crippen LogP contribution in [0.2, 0.25) is 0 Å². The summed E-state index contributed by atoms with van der Waals surface area (Å²) in [5.41, 5.74) is 4.27. The van der Waals surface area contributed by atoms with E-state index >= 15 is 0 Å². The lowest BCUT2D eigenvalue weighted by atomic mass is 9.96. The number of ketones is 1. The topological polar surface area (TPSA) is 69.5 Å². The lowest BCUT2D eigenvalue weighted by Crippen LogP contribution is -2.09. The quantitative estimate of drug-likeness (QED) is 0.724. The van der Waals surface area contributed by atoms with Gasteiger partial charge in [-0.05, 0) is 11.6 Å². The van der Waals surface area contributed by atoms with Gasteiger partial charge in [-0.15, -0.1) is 11.8 Å². The molecular formula is C19H13N3OS. The zero-order valence-electron chi connectivity index (χ0n) is 12.7. The van der Waals surface area contributed by atoms with Gasteiger partial charge in [0.05, 0.1) is 17.0 Å². The van der Waals surface area contributed by atoms with Gasteiger partial charge in [0.1, 0.15) is 12.1 Å². The number of rotatable bonds is 3. The number of benzene rings is 2. The molecule has 0 aliphatic carbocycles. The van der Waals surface area contributed by atoms with Gasteiger partial charge in [0, 0.05) is 16.0 Å². The fourth-order valence-electron chi connectivity index (χ4n) is 3.00. The number of carbonyl (C=O) groups is 1. The van der Waals surface area contributed by atoms with E-state index in [2.05, 4.69) is 28.4 Å². The van der Waals surface area contributed by atoms with E-state index in [4.69, 9.17) is 5.26 Å². The number of carbonyl (C=O) groups excluding carboxylic acids is 1. The first-order valence-corrected chi connectivity index (χ1v) is 8.47. The molecule has 0 spiro atoms. The van der Waals surface area contributed by atoms with Crippen molar-refractivity contribution in [3.63, 3.8) is 0 Å². The van der Waals surface area contributed by atoms with Crippen molar-refractivity contribution in [1.82, 2.24) is 10.2 Å². The lowest BCUT2D eigenvalue weighted by molar-refractivity contribution is 0.0992. The Kier molecular flexibility index (Phi) is 3.68. The van der Waals surface area contributed by atoms with Crippen molar-refractivity contribution in [3.05, 3.63) is 71.4 Å². The van der Waals surface area contributed by atoms with Crippen LogP contribution in [-0.2, 0) is 0 Å². The summed E-state index contributed by atoms with van der Waals surface area (Å²) in [6, 6.07) is 20.1. The highest BCUT2D eigenvalue weighted by Crippen LogP contribution is 2.52. The monoisotopic (exact) mass is 331 g/mol. The fourth-order valence-corrected chi connectivity index (χ4v) is 4.34. The normalized spacial score (nSPS) is 15.2. The van der Waals surface area contributed by atoms with E-state index in [-0.39, 0.29) is 17.5 Å². The summed E-state index contributed by atoms with van der Waals surface area (Å²) in [5.74, 6) is -0.216. The standard InChI is InChI=1S/C19H13N3OS/c20-11-10-14(23)18-16-17(21-22-18)13-8-4-5-9-15(13)24-19(16)12-6-2-1-3-7-12/h1-9,19H,10H2,(H,21,22). The van der Waals surface area contributed by atoms with E-state index in [0.29, 0.717) is 5.69 Å². The van der Waals surface area contributed by atoms with E-state index in [0.717, 1.165) is 27.3 Å². The third-order valence-corrected chi connectivity index (χ3v) is 5.43. The Morgan fingerprint density at radius 1 is 1.17 bits per heavy atom. The summed E-state index contributed by atoms with van der Waals surface area (Å²) in [7, 11) is 0. The molecule has 1 aliphatic rings. The number of fused-ring (bicyclic) bond motifs is 3. The number of nitriles is 1. The van der Waals surface area contributed by atoms with Gasteiger partial charge in [0.2, 0.25) is 0 Å². The highest BCUT2D eigenvalue weighted by Gasteiger charge is 2.33. The maximum Gasteiger partial charge on any atom is 0.194 e. The Morgan fingerprint density at radius 3 is 2.71 bits per heavy atom. The SMILES string of the molecule is N#CCC(=O)c1[nH]nc2c1C(c1ccccc1)Sc1ccccc1-2. The smallest absolute Gasteiger partial charge is 0.194 e. The molecule has 116 valence electrons. The molecule has 0 bridgehead atoms. The predicted octanol–water partition coefficient (Wildman–Crippen LogP) is 4.37. The minimum absolute atomic E-state index is 0.0208. The maximum absolute atomic E-state index is 12.4. The molecule has 0 fully saturated rings. The van der Waals surface area contributed by atoms with Gasteiger partial charge < -0.3 is 0 Å². The second kappa shape index (κ2) is 5.99. The van der Waals surface area contributed by atoms with Crippen LogP contribution in [0.15, 0.2) is 59.5 Å². The third-order valence-electron chi connectivity index (χ3n) is 4.07. The summed E-state index contributed by atoms with van der Waals surface area (Å²) in [6.07, 6.45) is -0.150. The molecule has 2 aromatic carbocycles. The van der Waals surface area contributed by atoms with Crippen molar-refractivity contribution in [2.24, 2.45) is 0 Å². The van der Waals surface area contributed by atoms with Crippen LogP contribution in [-0.4, -0.2) is 16.0 Å².